The molecule has 144 valence electrons. The second kappa shape index (κ2) is 7.97. The highest BCUT2D eigenvalue weighted by Crippen LogP contribution is 2.20. The molecule has 29 heavy (non-hydrogen) atoms. The molecule has 2 heterocycles. The second-order valence-corrected chi connectivity index (χ2v) is 7.27. The number of rotatable bonds is 3. The van der Waals surface area contributed by atoms with Crippen molar-refractivity contribution in [3.8, 4) is 0 Å². The van der Waals surface area contributed by atoms with E-state index in [4.69, 9.17) is 4.42 Å². The van der Waals surface area contributed by atoms with Gasteiger partial charge in [0.2, 0.25) is 5.55 Å². The monoisotopic (exact) mass is 451 g/mol. The molecule has 2 aromatic carbocycles. The van der Waals surface area contributed by atoms with Crippen LogP contribution in [0, 0.1) is 12.7 Å². The van der Waals surface area contributed by atoms with E-state index in [-0.39, 0.29) is 16.9 Å². The van der Waals surface area contributed by atoms with Gasteiger partial charge in [-0.3, -0.25) is 4.79 Å². The van der Waals surface area contributed by atoms with Gasteiger partial charge in [0.15, 0.2) is 0 Å². The van der Waals surface area contributed by atoms with Crippen LogP contribution in [0.25, 0.3) is 11.0 Å². The number of anilines is 1. The van der Waals surface area contributed by atoms with Crippen molar-refractivity contribution in [3.05, 3.63) is 93.8 Å². The van der Waals surface area contributed by atoms with E-state index in [0.717, 1.165) is 15.6 Å². The zero-order chi connectivity index (χ0) is 20.4. The molecule has 7 heteroatoms. The Balaban J connectivity index is 1.85. The van der Waals surface area contributed by atoms with Crippen LogP contribution in [0.2, 0.25) is 0 Å². The average Bonchev–Trinajstić information content (AvgIpc) is 2.69. The fraction of sp³-hybridized carbons (Fsp3) is 0.0455. The third-order valence-corrected chi connectivity index (χ3v) is 4.63. The maximum Gasteiger partial charge on any atom is 0.262 e. The Hall–Kier alpha value is -3.32. The number of amides is 1. The smallest absolute Gasteiger partial charge is 0.262 e. The van der Waals surface area contributed by atoms with Gasteiger partial charge in [0.25, 0.3) is 5.91 Å². The number of fused-ring (bicyclic) bond motifs is 1. The van der Waals surface area contributed by atoms with Crippen LogP contribution in [0.15, 0.2) is 80.6 Å². The highest BCUT2D eigenvalue weighted by atomic mass is 79.9. The number of carbonyl (C=O) groups is 1. The van der Waals surface area contributed by atoms with Gasteiger partial charge < -0.3 is 9.73 Å². The number of nitrogens with one attached hydrogen (secondary N) is 1. The van der Waals surface area contributed by atoms with E-state index in [2.05, 4.69) is 31.2 Å². The predicted molar refractivity (Wildman–Crippen MR) is 112 cm³/mol. The Morgan fingerprint density at radius 3 is 2.66 bits per heavy atom. The molecule has 0 spiro atoms. The quantitative estimate of drug-likeness (QED) is 0.445. The maximum absolute atomic E-state index is 13.2. The molecule has 0 saturated heterocycles. The minimum absolute atomic E-state index is 0.122. The topological polar surface area (TPSA) is 67.5 Å². The van der Waals surface area contributed by atoms with E-state index in [9.17, 15) is 9.18 Å². The van der Waals surface area contributed by atoms with Crippen LogP contribution in [0.4, 0.5) is 15.9 Å². The molecule has 5 nitrogen and oxygen atoms in total. The molecular formula is C22H15BrFN3O2. The summed E-state index contributed by atoms with van der Waals surface area (Å²) in [5.74, 6) is -0.348. The standard InChI is InChI=1S/C22H15BrFN3O2/c1-13-3-2-4-20(25-13)27-21(28)18-12-14-11-15(23)5-10-19(14)29-22(18)26-17-8-6-16(24)7-9-17/h2-12H,1H3,(H,25,27,28). The highest BCUT2D eigenvalue weighted by molar-refractivity contribution is 9.10. The normalized spacial score (nSPS) is 11.6. The van der Waals surface area contributed by atoms with Crippen molar-refractivity contribution in [2.75, 3.05) is 5.32 Å². The summed E-state index contributed by atoms with van der Waals surface area (Å²) in [6.07, 6.45) is 0. The number of aryl methyl sites for hydroxylation is 1. The van der Waals surface area contributed by atoms with Gasteiger partial charge >= 0.3 is 0 Å². The number of aromatic nitrogens is 1. The fourth-order valence-electron chi connectivity index (χ4n) is 2.78. The van der Waals surface area contributed by atoms with Crippen molar-refractivity contribution in [3.63, 3.8) is 0 Å². The van der Waals surface area contributed by atoms with Crippen LogP contribution in [-0.4, -0.2) is 10.9 Å². The maximum atomic E-state index is 13.2. The van der Waals surface area contributed by atoms with Crippen molar-refractivity contribution in [2.45, 2.75) is 6.92 Å². The number of benzene rings is 2. The van der Waals surface area contributed by atoms with Crippen LogP contribution >= 0.6 is 15.9 Å². The third kappa shape index (κ3) is 4.41. The van der Waals surface area contributed by atoms with E-state index in [0.29, 0.717) is 17.1 Å². The lowest BCUT2D eigenvalue weighted by Crippen LogP contribution is -2.22. The van der Waals surface area contributed by atoms with Crippen molar-refractivity contribution < 1.29 is 13.6 Å². The number of nitrogens with zero attached hydrogens (tertiary/aromatic N) is 2. The first-order valence-electron chi connectivity index (χ1n) is 8.77. The zero-order valence-electron chi connectivity index (χ0n) is 15.3. The molecule has 1 amide bonds. The lowest BCUT2D eigenvalue weighted by Gasteiger charge is -2.07. The molecule has 0 fully saturated rings. The Kier molecular flexibility index (Phi) is 5.22. The molecule has 4 aromatic rings. The average molecular weight is 452 g/mol. The molecule has 0 bridgehead atoms. The van der Waals surface area contributed by atoms with E-state index in [1.165, 1.54) is 24.3 Å². The molecule has 1 N–H and O–H groups in total. The lowest BCUT2D eigenvalue weighted by molar-refractivity contribution is 0.102. The SMILES string of the molecule is Cc1cccc(NC(=O)c2cc3cc(Br)ccc3oc2=Nc2ccc(F)cc2)n1. The molecule has 0 unspecified atom stereocenters. The molecule has 4 rings (SSSR count). The summed E-state index contributed by atoms with van der Waals surface area (Å²) in [5, 5.41) is 3.51. The molecule has 2 aromatic heterocycles. The van der Waals surface area contributed by atoms with Crippen LogP contribution in [-0.2, 0) is 0 Å². The van der Waals surface area contributed by atoms with Gasteiger partial charge in [0, 0.05) is 15.6 Å². The van der Waals surface area contributed by atoms with Gasteiger partial charge in [-0.2, -0.15) is 0 Å². The molecule has 0 aliphatic heterocycles. The molecule has 0 atom stereocenters. The van der Waals surface area contributed by atoms with Gasteiger partial charge in [-0.1, -0.05) is 22.0 Å². The van der Waals surface area contributed by atoms with Gasteiger partial charge in [0.1, 0.15) is 22.8 Å². The largest absolute Gasteiger partial charge is 0.438 e. The van der Waals surface area contributed by atoms with E-state index in [1.807, 2.05) is 31.2 Å². The number of halogens is 2. The van der Waals surface area contributed by atoms with E-state index >= 15 is 0 Å². The Labute approximate surface area is 174 Å². The number of hydrogen-bond acceptors (Lipinski definition) is 4. The van der Waals surface area contributed by atoms with Gasteiger partial charge in [0.05, 0.1) is 5.69 Å². The minimum Gasteiger partial charge on any atom is -0.438 e. The van der Waals surface area contributed by atoms with Crippen molar-refractivity contribution in [1.82, 2.24) is 4.98 Å². The zero-order valence-corrected chi connectivity index (χ0v) is 16.9. The van der Waals surface area contributed by atoms with Crippen molar-refractivity contribution >= 4 is 44.3 Å². The molecule has 0 aliphatic carbocycles. The second-order valence-electron chi connectivity index (χ2n) is 6.35. The Morgan fingerprint density at radius 1 is 1.10 bits per heavy atom. The first-order chi connectivity index (χ1) is 14.0. The van der Waals surface area contributed by atoms with E-state index < -0.39 is 5.91 Å². The summed E-state index contributed by atoms with van der Waals surface area (Å²) in [6, 6.07) is 18.2. The van der Waals surface area contributed by atoms with Crippen LogP contribution in [0.3, 0.4) is 0 Å². The van der Waals surface area contributed by atoms with E-state index in [1.54, 1.807) is 18.2 Å². The predicted octanol–water partition coefficient (Wildman–Crippen LogP) is 5.52. The Morgan fingerprint density at radius 2 is 1.90 bits per heavy atom. The summed E-state index contributed by atoms with van der Waals surface area (Å²) in [7, 11) is 0. The van der Waals surface area contributed by atoms with Crippen molar-refractivity contribution in [2.24, 2.45) is 4.99 Å². The molecule has 0 aliphatic rings. The van der Waals surface area contributed by atoms with Gasteiger partial charge in [-0.05, 0) is 67.6 Å². The summed E-state index contributed by atoms with van der Waals surface area (Å²) >= 11 is 3.42. The first kappa shape index (κ1) is 19.0. The minimum atomic E-state index is -0.408. The van der Waals surface area contributed by atoms with Crippen LogP contribution < -0.4 is 10.9 Å². The number of pyridine rings is 1. The summed E-state index contributed by atoms with van der Waals surface area (Å²) in [6.45, 7) is 1.84. The molecular weight excluding hydrogens is 437 g/mol. The number of hydrogen-bond donors (Lipinski definition) is 1. The van der Waals surface area contributed by atoms with Crippen molar-refractivity contribution in [1.29, 1.82) is 0 Å². The Bertz CT molecular complexity index is 1280. The summed E-state index contributed by atoms with van der Waals surface area (Å²) < 4.78 is 20.0. The first-order valence-corrected chi connectivity index (χ1v) is 9.56. The lowest BCUT2D eigenvalue weighted by atomic mass is 10.1. The molecule has 0 saturated carbocycles. The van der Waals surface area contributed by atoms with Gasteiger partial charge in [-0.25, -0.2) is 14.4 Å². The molecule has 0 radical (unpaired) electrons. The van der Waals surface area contributed by atoms with Crippen LogP contribution in [0.1, 0.15) is 16.1 Å². The van der Waals surface area contributed by atoms with Crippen LogP contribution in [0.5, 0.6) is 0 Å². The number of carbonyl (C=O) groups excluding carboxylic acids is 1. The summed E-state index contributed by atoms with van der Waals surface area (Å²) in [5.41, 5.74) is 2.18. The van der Waals surface area contributed by atoms with Gasteiger partial charge in [-0.15, -0.1) is 0 Å². The summed E-state index contributed by atoms with van der Waals surface area (Å²) in [4.78, 5) is 21.7. The highest BCUT2D eigenvalue weighted by Gasteiger charge is 2.14. The fourth-order valence-corrected chi connectivity index (χ4v) is 3.16. The third-order valence-electron chi connectivity index (χ3n) is 4.14.